The van der Waals surface area contributed by atoms with Gasteiger partial charge in [0.05, 0.1) is 5.56 Å². The number of benzene rings is 1. The van der Waals surface area contributed by atoms with Gasteiger partial charge in [0.1, 0.15) is 0 Å². The molecule has 1 heterocycles. The summed E-state index contributed by atoms with van der Waals surface area (Å²) in [6.07, 6.45) is 1.02. The van der Waals surface area contributed by atoms with Crippen molar-refractivity contribution in [3.63, 3.8) is 0 Å². The first kappa shape index (κ1) is 12.4. The summed E-state index contributed by atoms with van der Waals surface area (Å²) in [6, 6.07) is 7.34. The van der Waals surface area contributed by atoms with Crippen molar-refractivity contribution < 1.29 is 13.6 Å². The second kappa shape index (κ2) is 5.10. The molecule has 92 valence electrons. The molecule has 6 heteroatoms. The average molecular weight is 269 g/mol. The highest BCUT2D eigenvalue weighted by molar-refractivity contribution is 6.30. The van der Waals surface area contributed by atoms with E-state index in [9.17, 15) is 13.6 Å². The first-order valence-corrected chi connectivity index (χ1v) is 5.32. The molecule has 3 nitrogen and oxygen atoms in total. The molecule has 1 aromatic heterocycles. The Morgan fingerprint density at radius 2 is 1.83 bits per heavy atom. The summed E-state index contributed by atoms with van der Waals surface area (Å²) in [5.41, 5.74) is 0.0264. The molecule has 1 aromatic carbocycles. The standard InChI is InChI=1S/C12H7ClF2N2O/c13-7-1-3-8(4-2-7)17-12(18)9-5-6-16-11(15)10(9)14/h1-6H,(H,17,18). The van der Waals surface area contributed by atoms with Crippen LogP contribution in [0.5, 0.6) is 0 Å². The molecule has 0 saturated heterocycles. The third kappa shape index (κ3) is 2.62. The Balaban J connectivity index is 2.22. The van der Waals surface area contributed by atoms with Crippen molar-refractivity contribution >= 4 is 23.2 Å². The van der Waals surface area contributed by atoms with E-state index in [-0.39, 0.29) is 0 Å². The van der Waals surface area contributed by atoms with Gasteiger partial charge in [-0.15, -0.1) is 0 Å². The number of nitrogens with one attached hydrogen (secondary N) is 1. The third-order valence-corrected chi connectivity index (χ3v) is 2.45. The van der Waals surface area contributed by atoms with E-state index >= 15 is 0 Å². The second-order valence-electron chi connectivity index (χ2n) is 3.42. The maximum Gasteiger partial charge on any atom is 0.258 e. The fourth-order valence-electron chi connectivity index (χ4n) is 1.33. The number of amides is 1. The highest BCUT2D eigenvalue weighted by Crippen LogP contribution is 2.15. The van der Waals surface area contributed by atoms with Gasteiger partial charge in [0.15, 0.2) is 5.82 Å². The highest BCUT2D eigenvalue weighted by Gasteiger charge is 2.15. The van der Waals surface area contributed by atoms with Crippen molar-refractivity contribution in [3.8, 4) is 0 Å². The molecule has 0 aliphatic rings. The van der Waals surface area contributed by atoms with E-state index in [1.54, 1.807) is 24.3 Å². The topological polar surface area (TPSA) is 42.0 Å². The molecule has 18 heavy (non-hydrogen) atoms. The lowest BCUT2D eigenvalue weighted by Crippen LogP contribution is -2.15. The zero-order chi connectivity index (χ0) is 13.1. The normalized spacial score (nSPS) is 10.2. The second-order valence-corrected chi connectivity index (χ2v) is 3.86. The van der Waals surface area contributed by atoms with Gasteiger partial charge in [0.2, 0.25) is 5.95 Å². The number of rotatable bonds is 2. The van der Waals surface area contributed by atoms with Crippen molar-refractivity contribution in [1.82, 2.24) is 4.98 Å². The van der Waals surface area contributed by atoms with E-state index in [1.807, 2.05) is 0 Å². The van der Waals surface area contributed by atoms with Crippen molar-refractivity contribution in [2.45, 2.75) is 0 Å². The van der Waals surface area contributed by atoms with Crippen LogP contribution in [0.1, 0.15) is 10.4 Å². The molecule has 0 fully saturated rings. The van der Waals surface area contributed by atoms with Gasteiger partial charge < -0.3 is 5.32 Å². The molecule has 0 radical (unpaired) electrons. The van der Waals surface area contributed by atoms with Crippen LogP contribution < -0.4 is 5.32 Å². The van der Waals surface area contributed by atoms with E-state index in [4.69, 9.17) is 11.6 Å². The summed E-state index contributed by atoms with van der Waals surface area (Å²) >= 11 is 5.68. The minimum atomic E-state index is -1.31. The van der Waals surface area contributed by atoms with Crippen LogP contribution in [0.15, 0.2) is 36.5 Å². The van der Waals surface area contributed by atoms with E-state index in [0.29, 0.717) is 10.7 Å². The van der Waals surface area contributed by atoms with E-state index < -0.39 is 23.2 Å². The predicted octanol–water partition coefficient (Wildman–Crippen LogP) is 3.27. The summed E-state index contributed by atoms with van der Waals surface area (Å²) < 4.78 is 26.1. The molecule has 1 N–H and O–H groups in total. The lowest BCUT2D eigenvalue weighted by Gasteiger charge is -2.06. The first-order chi connectivity index (χ1) is 8.58. The smallest absolute Gasteiger partial charge is 0.258 e. The number of carbonyl (C=O) groups is 1. The molecular formula is C12H7ClF2N2O. The lowest BCUT2D eigenvalue weighted by molar-refractivity contribution is 0.102. The molecule has 0 unspecified atom stereocenters. The summed E-state index contributed by atoms with van der Waals surface area (Å²) in [4.78, 5) is 14.8. The maximum absolute atomic E-state index is 13.3. The zero-order valence-corrected chi connectivity index (χ0v) is 9.71. The SMILES string of the molecule is O=C(Nc1ccc(Cl)cc1)c1ccnc(F)c1F. The molecule has 0 spiro atoms. The molecular weight excluding hydrogens is 262 g/mol. The van der Waals surface area contributed by atoms with E-state index in [0.717, 1.165) is 12.3 Å². The van der Waals surface area contributed by atoms with Crippen molar-refractivity contribution in [1.29, 1.82) is 0 Å². The molecule has 2 aromatic rings. The van der Waals surface area contributed by atoms with Gasteiger partial charge in [-0.25, -0.2) is 9.37 Å². The Bertz CT molecular complexity index is 587. The number of hydrogen-bond donors (Lipinski definition) is 1. The van der Waals surface area contributed by atoms with Crippen LogP contribution in [0.4, 0.5) is 14.5 Å². The Morgan fingerprint density at radius 1 is 1.17 bits per heavy atom. The van der Waals surface area contributed by atoms with Crippen molar-refractivity contribution in [3.05, 3.63) is 58.9 Å². The van der Waals surface area contributed by atoms with Gasteiger partial charge in [0, 0.05) is 16.9 Å². The van der Waals surface area contributed by atoms with Gasteiger partial charge in [0.25, 0.3) is 5.91 Å². The van der Waals surface area contributed by atoms with E-state index in [1.165, 1.54) is 0 Å². The third-order valence-electron chi connectivity index (χ3n) is 2.19. The van der Waals surface area contributed by atoms with E-state index in [2.05, 4.69) is 10.3 Å². The molecule has 0 aliphatic carbocycles. The largest absolute Gasteiger partial charge is 0.322 e. The van der Waals surface area contributed by atoms with Crippen LogP contribution in [-0.4, -0.2) is 10.9 Å². The number of carbonyl (C=O) groups excluding carboxylic acids is 1. The van der Waals surface area contributed by atoms with Gasteiger partial charge >= 0.3 is 0 Å². The Hall–Kier alpha value is -2.01. The van der Waals surface area contributed by atoms with Crippen LogP contribution in [0.25, 0.3) is 0 Å². The molecule has 1 amide bonds. The molecule has 0 saturated carbocycles. The summed E-state index contributed by atoms with van der Waals surface area (Å²) in [7, 11) is 0. The number of pyridine rings is 1. The minimum Gasteiger partial charge on any atom is -0.322 e. The number of hydrogen-bond acceptors (Lipinski definition) is 2. The van der Waals surface area contributed by atoms with Gasteiger partial charge in [-0.2, -0.15) is 4.39 Å². The zero-order valence-electron chi connectivity index (χ0n) is 8.95. The quantitative estimate of drug-likeness (QED) is 0.850. The summed E-state index contributed by atoms with van der Waals surface area (Å²) in [5.74, 6) is -3.33. The summed E-state index contributed by atoms with van der Waals surface area (Å²) in [5, 5.41) is 2.93. The number of nitrogens with zero attached hydrogens (tertiary/aromatic N) is 1. The monoisotopic (exact) mass is 268 g/mol. The minimum absolute atomic E-state index is 0.405. The van der Waals surface area contributed by atoms with Crippen LogP contribution in [0.2, 0.25) is 5.02 Å². The van der Waals surface area contributed by atoms with Crippen molar-refractivity contribution in [2.24, 2.45) is 0 Å². The summed E-state index contributed by atoms with van der Waals surface area (Å²) in [6.45, 7) is 0. The van der Waals surface area contributed by atoms with Crippen LogP contribution in [0, 0.1) is 11.8 Å². The highest BCUT2D eigenvalue weighted by atomic mass is 35.5. The fraction of sp³-hybridized carbons (Fsp3) is 0. The van der Waals surface area contributed by atoms with Gasteiger partial charge in [-0.05, 0) is 30.3 Å². The van der Waals surface area contributed by atoms with Crippen molar-refractivity contribution in [2.75, 3.05) is 5.32 Å². The van der Waals surface area contributed by atoms with Gasteiger partial charge in [-0.1, -0.05) is 11.6 Å². The first-order valence-electron chi connectivity index (χ1n) is 4.95. The molecule has 0 atom stereocenters. The Labute approximate surface area is 106 Å². The van der Waals surface area contributed by atoms with Crippen LogP contribution in [-0.2, 0) is 0 Å². The Morgan fingerprint density at radius 3 is 2.50 bits per heavy atom. The molecule has 0 aliphatic heterocycles. The maximum atomic E-state index is 13.3. The average Bonchev–Trinajstić information content (AvgIpc) is 2.35. The number of halogens is 3. The molecule has 0 bridgehead atoms. The predicted molar refractivity (Wildman–Crippen MR) is 63.6 cm³/mol. The fourth-order valence-corrected chi connectivity index (χ4v) is 1.45. The van der Waals surface area contributed by atoms with Gasteiger partial charge in [-0.3, -0.25) is 4.79 Å². The molecule has 2 rings (SSSR count). The van der Waals surface area contributed by atoms with Crippen LogP contribution in [0.3, 0.4) is 0 Å². The number of anilines is 1. The Kier molecular flexibility index (Phi) is 3.53. The van der Waals surface area contributed by atoms with Crippen LogP contribution >= 0.6 is 11.6 Å². The lowest BCUT2D eigenvalue weighted by atomic mass is 10.2. The number of aromatic nitrogens is 1.